The van der Waals surface area contributed by atoms with Crippen molar-refractivity contribution in [2.45, 2.75) is 33.8 Å². The molecule has 0 N–H and O–H groups in total. The summed E-state index contributed by atoms with van der Waals surface area (Å²) in [5, 5.41) is 1.69. The minimum atomic E-state index is 0.335. The number of hydrogen-bond acceptors (Lipinski definition) is 2. The third-order valence-corrected chi connectivity index (χ3v) is 7.51. The summed E-state index contributed by atoms with van der Waals surface area (Å²) in [7, 11) is 0. The Labute approximate surface area is 105 Å². The molecule has 1 aromatic rings. The number of thioether (sulfide) groups is 2. The van der Waals surface area contributed by atoms with Gasteiger partial charge in [-0.05, 0) is 19.4 Å². The quantitative estimate of drug-likeness (QED) is 0.547. The Kier molecular flexibility index (Phi) is 1.65. The molecule has 2 heteroatoms. The smallest absolute Gasteiger partial charge is 0.0722 e. The molecule has 82 valence electrons. The molecule has 0 saturated carbocycles. The highest BCUT2D eigenvalue weighted by molar-refractivity contribution is 8.14. The van der Waals surface area contributed by atoms with Crippen LogP contribution in [0, 0.1) is 6.92 Å². The highest BCUT2D eigenvalue weighted by Gasteiger charge is 2.71. The fourth-order valence-electron chi connectivity index (χ4n) is 2.76. The maximum atomic E-state index is 2.46. The largest absolute Gasteiger partial charge is 0.144 e. The number of fused-ring (bicyclic) bond motifs is 3. The van der Waals surface area contributed by atoms with Crippen LogP contribution in [0.15, 0.2) is 36.4 Å². The van der Waals surface area contributed by atoms with Gasteiger partial charge in [-0.2, -0.15) is 0 Å². The van der Waals surface area contributed by atoms with Crippen LogP contribution in [0.25, 0.3) is 0 Å². The molecule has 4 unspecified atom stereocenters. The molecule has 2 saturated heterocycles. The molecule has 0 radical (unpaired) electrons. The van der Waals surface area contributed by atoms with E-state index >= 15 is 0 Å². The molecular formula is C14H14S2. The molecule has 0 amide bonds. The number of aryl methyl sites for hydroxylation is 1. The van der Waals surface area contributed by atoms with E-state index in [0.717, 1.165) is 10.5 Å². The molecule has 2 fully saturated rings. The molecule has 0 aromatic heterocycles. The summed E-state index contributed by atoms with van der Waals surface area (Å²) in [6.45, 7) is 4.53. The van der Waals surface area contributed by atoms with E-state index in [1.165, 1.54) is 11.1 Å². The van der Waals surface area contributed by atoms with Crippen LogP contribution in [0.1, 0.15) is 18.1 Å². The Balaban J connectivity index is 1.75. The van der Waals surface area contributed by atoms with Gasteiger partial charge in [0.1, 0.15) is 0 Å². The second kappa shape index (κ2) is 2.73. The van der Waals surface area contributed by atoms with Crippen LogP contribution >= 0.6 is 23.5 Å². The van der Waals surface area contributed by atoms with E-state index in [1.807, 2.05) is 0 Å². The molecular weight excluding hydrogens is 232 g/mol. The van der Waals surface area contributed by atoms with Crippen LogP contribution in [-0.4, -0.2) is 15.2 Å². The lowest BCUT2D eigenvalue weighted by molar-refractivity contribution is 0.704. The first-order valence-electron chi connectivity index (χ1n) is 5.77. The first-order chi connectivity index (χ1) is 7.64. The van der Waals surface area contributed by atoms with E-state index in [2.05, 4.69) is 73.8 Å². The lowest BCUT2D eigenvalue weighted by Crippen LogP contribution is -2.23. The highest BCUT2D eigenvalue weighted by atomic mass is 32.2. The first-order valence-corrected chi connectivity index (χ1v) is 7.53. The molecule has 1 aliphatic carbocycles. The van der Waals surface area contributed by atoms with Crippen molar-refractivity contribution in [3.63, 3.8) is 0 Å². The average molecular weight is 246 g/mol. The Morgan fingerprint density at radius 3 is 2.50 bits per heavy atom. The summed E-state index contributed by atoms with van der Waals surface area (Å²) in [5.74, 6) is 0. The Bertz CT molecular complexity index is 490. The van der Waals surface area contributed by atoms with Crippen molar-refractivity contribution in [3.8, 4) is 0 Å². The third-order valence-electron chi connectivity index (χ3n) is 4.02. The monoisotopic (exact) mass is 246 g/mol. The minimum absolute atomic E-state index is 0.335. The van der Waals surface area contributed by atoms with Crippen molar-refractivity contribution in [2.75, 3.05) is 0 Å². The molecule has 0 nitrogen and oxygen atoms in total. The zero-order valence-corrected chi connectivity index (χ0v) is 11.1. The second-order valence-corrected chi connectivity index (χ2v) is 8.30. The van der Waals surface area contributed by atoms with Crippen LogP contribution in [0.5, 0.6) is 0 Å². The van der Waals surface area contributed by atoms with Crippen LogP contribution in [0.2, 0.25) is 0 Å². The summed E-state index contributed by atoms with van der Waals surface area (Å²) in [6, 6.07) is 9.09. The van der Waals surface area contributed by atoms with Gasteiger partial charge in [-0.1, -0.05) is 42.0 Å². The van der Waals surface area contributed by atoms with Crippen molar-refractivity contribution in [1.82, 2.24) is 0 Å². The minimum Gasteiger partial charge on any atom is -0.144 e. The summed E-state index contributed by atoms with van der Waals surface area (Å²) < 4.78 is 0.809. The van der Waals surface area contributed by atoms with Crippen LogP contribution in [-0.2, 0) is 4.75 Å². The first kappa shape index (κ1) is 9.67. The van der Waals surface area contributed by atoms with E-state index in [4.69, 9.17) is 0 Å². The summed E-state index contributed by atoms with van der Waals surface area (Å²) in [6.07, 6.45) is 4.90. The molecule has 0 spiro atoms. The predicted octanol–water partition coefficient (Wildman–Crippen LogP) is 3.75. The van der Waals surface area contributed by atoms with E-state index < -0.39 is 0 Å². The molecule has 4 rings (SSSR count). The van der Waals surface area contributed by atoms with Gasteiger partial charge in [-0.25, -0.2) is 0 Å². The Morgan fingerprint density at radius 1 is 1.00 bits per heavy atom. The SMILES string of the molecule is Cc1ccc(C23C=CC4(C)SC4C2S3)cc1. The van der Waals surface area contributed by atoms with Gasteiger partial charge in [0.2, 0.25) is 0 Å². The molecule has 16 heavy (non-hydrogen) atoms. The number of rotatable bonds is 1. The Hall–Kier alpha value is -0.340. The van der Waals surface area contributed by atoms with Gasteiger partial charge in [-0.15, -0.1) is 23.5 Å². The average Bonchev–Trinajstić information content (AvgIpc) is 3.11. The lowest BCUT2D eigenvalue weighted by Gasteiger charge is -2.16. The molecule has 2 aliphatic heterocycles. The molecule has 3 aliphatic rings. The Morgan fingerprint density at radius 2 is 1.75 bits per heavy atom. The van der Waals surface area contributed by atoms with E-state index in [9.17, 15) is 0 Å². The fourth-order valence-corrected chi connectivity index (χ4v) is 5.98. The zero-order chi connectivity index (χ0) is 11.0. The van der Waals surface area contributed by atoms with Gasteiger partial charge in [0, 0.05) is 15.2 Å². The van der Waals surface area contributed by atoms with Gasteiger partial charge in [-0.3, -0.25) is 0 Å². The zero-order valence-electron chi connectivity index (χ0n) is 9.44. The molecule has 1 aromatic carbocycles. The maximum Gasteiger partial charge on any atom is 0.0722 e. The van der Waals surface area contributed by atoms with Gasteiger partial charge >= 0.3 is 0 Å². The highest BCUT2D eigenvalue weighted by Crippen LogP contribution is 2.76. The summed E-state index contributed by atoms with van der Waals surface area (Å²) >= 11 is 4.29. The fraction of sp³-hybridized carbons (Fsp3) is 0.429. The molecule has 4 atom stereocenters. The topological polar surface area (TPSA) is 0 Å². The van der Waals surface area contributed by atoms with Crippen molar-refractivity contribution in [2.24, 2.45) is 0 Å². The van der Waals surface area contributed by atoms with Gasteiger partial charge in [0.25, 0.3) is 0 Å². The van der Waals surface area contributed by atoms with Crippen molar-refractivity contribution >= 4 is 23.5 Å². The molecule has 0 bridgehead atoms. The number of hydrogen-bond donors (Lipinski definition) is 0. The summed E-state index contributed by atoms with van der Waals surface area (Å²) in [5.41, 5.74) is 2.85. The van der Waals surface area contributed by atoms with Gasteiger partial charge in [0.15, 0.2) is 0 Å². The lowest BCUT2D eigenvalue weighted by atomic mass is 9.85. The van der Waals surface area contributed by atoms with Gasteiger partial charge < -0.3 is 0 Å². The summed E-state index contributed by atoms with van der Waals surface area (Å²) in [4.78, 5) is 0. The second-order valence-electron chi connectivity index (χ2n) is 5.25. The normalized spacial score (nSPS) is 47.1. The van der Waals surface area contributed by atoms with E-state index in [1.54, 1.807) is 0 Å². The van der Waals surface area contributed by atoms with Crippen molar-refractivity contribution in [1.29, 1.82) is 0 Å². The van der Waals surface area contributed by atoms with Crippen LogP contribution in [0.4, 0.5) is 0 Å². The van der Waals surface area contributed by atoms with Crippen LogP contribution in [0.3, 0.4) is 0 Å². The third kappa shape index (κ3) is 1.10. The standard InChI is InChI=1S/C14H14S2/c1-9-3-5-10(6-4-9)14-8-7-13(2)11(15-13)12(14)16-14/h3-8,11-12H,1-2H3. The van der Waals surface area contributed by atoms with Crippen molar-refractivity contribution in [3.05, 3.63) is 47.5 Å². The number of benzene rings is 1. The van der Waals surface area contributed by atoms with Crippen molar-refractivity contribution < 1.29 is 0 Å². The van der Waals surface area contributed by atoms with Crippen LogP contribution < -0.4 is 0 Å². The maximum absolute atomic E-state index is 2.46. The van der Waals surface area contributed by atoms with Gasteiger partial charge in [0.05, 0.1) is 4.75 Å². The van der Waals surface area contributed by atoms with E-state index in [0.29, 0.717) is 9.49 Å². The predicted molar refractivity (Wildman–Crippen MR) is 73.2 cm³/mol. The molecule has 2 heterocycles. The van der Waals surface area contributed by atoms with E-state index in [-0.39, 0.29) is 0 Å².